The highest BCUT2D eigenvalue weighted by Crippen LogP contribution is 2.44. The van der Waals surface area contributed by atoms with Crippen molar-refractivity contribution in [3.8, 4) is 28.2 Å². The third kappa shape index (κ3) is 3.43. The van der Waals surface area contributed by atoms with E-state index in [-0.39, 0.29) is 5.82 Å². The fourth-order valence-electron chi connectivity index (χ4n) is 5.80. The zero-order valence-corrected chi connectivity index (χ0v) is 22.0. The highest BCUT2D eigenvalue weighted by Gasteiger charge is 2.23. The first-order valence-corrected chi connectivity index (χ1v) is 13.9. The van der Waals surface area contributed by atoms with Crippen LogP contribution in [0.3, 0.4) is 0 Å². The van der Waals surface area contributed by atoms with Gasteiger partial charge in [0.15, 0.2) is 0 Å². The smallest absolute Gasteiger partial charge is 0.147 e. The lowest BCUT2D eigenvalue weighted by Crippen LogP contribution is -2.03. The van der Waals surface area contributed by atoms with Crippen LogP contribution in [0.25, 0.3) is 70.2 Å². The molecule has 0 fully saturated rings. The molecule has 0 N–H and O–H groups in total. The van der Waals surface area contributed by atoms with Crippen molar-refractivity contribution in [2.45, 2.75) is 6.85 Å². The van der Waals surface area contributed by atoms with Crippen LogP contribution in [0, 0.1) is 12.7 Å². The number of hydrogen-bond acceptors (Lipinski definition) is 2. The predicted octanol–water partition coefficient (Wildman–Crippen LogP) is 10.3. The lowest BCUT2D eigenvalue weighted by molar-refractivity contribution is 0.640. The highest BCUT2D eigenvalue weighted by atomic mass is 32.1. The number of nitrogens with zero attached hydrogens (tertiary/aromatic N) is 2. The Kier molecular flexibility index (Phi) is 4.47. The summed E-state index contributed by atoms with van der Waals surface area (Å²) in [4.78, 5) is 5.19. The molecule has 40 heavy (non-hydrogen) atoms. The number of para-hydroxylation sites is 2. The maximum atomic E-state index is 15.7. The number of fused-ring (bicyclic) bond motifs is 5. The molecule has 6 aromatic carbocycles. The second kappa shape index (κ2) is 8.87. The first-order chi connectivity index (χ1) is 20.9. The summed E-state index contributed by atoms with van der Waals surface area (Å²) >= 11 is 1.57. The molecule has 8 rings (SSSR count). The molecule has 4 heteroatoms. The molecule has 2 nitrogen and oxygen atoms in total. The van der Waals surface area contributed by atoms with Crippen LogP contribution in [0.5, 0.6) is 0 Å². The zero-order chi connectivity index (χ0) is 29.3. The second-order valence-electron chi connectivity index (χ2n) is 9.92. The van der Waals surface area contributed by atoms with Gasteiger partial charge in [-0.3, -0.25) is 4.57 Å². The molecule has 0 radical (unpaired) electrons. The normalized spacial score (nSPS) is 13.2. The topological polar surface area (TPSA) is 17.8 Å². The van der Waals surface area contributed by atoms with Gasteiger partial charge in [0.1, 0.15) is 11.6 Å². The Hall–Kier alpha value is -4.80. The number of aryl methyl sites for hydroxylation is 1. The van der Waals surface area contributed by atoms with Gasteiger partial charge in [-0.15, -0.1) is 11.3 Å². The number of imidazole rings is 1. The molecule has 0 saturated heterocycles. The number of aromatic nitrogens is 2. The summed E-state index contributed by atoms with van der Waals surface area (Å²) in [6.45, 7) is -2.18. The van der Waals surface area contributed by atoms with Gasteiger partial charge in [-0.25, -0.2) is 9.37 Å². The van der Waals surface area contributed by atoms with Gasteiger partial charge < -0.3 is 0 Å². The molecule has 0 amide bonds. The van der Waals surface area contributed by atoms with Gasteiger partial charge in [0.05, 0.1) is 16.7 Å². The molecule has 0 atom stereocenters. The number of rotatable bonds is 3. The lowest BCUT2D eigenvalue weighted by Gasteiger charge is -2.18. The van der Waals surface area contributed by atoms with Crippen LogP contribution in [0.4, 0.5) is 4.39 Å². The number of hydrogen-bond donors (Lipinski definition) is 0. The molecule has 0 aliphatic carbocycles. The van der Waals surface area contributed by atoms with E-state index in [4.69, 9.17) is 9.10 Å². The molecular formula is C36H23FN2S. The van der Waals surface area contributed by atoms with Crippen LogP contribution in [-0.2, 0) is 0 Å². The molecule has 0 saturated carbocycles. The average Bonchev–Trinajstić information content (AvgIpc) is 3.59. The highest BCUT2D eigenvalue weighted by molar-refractivity contribution is 7.26. The number of benzene rings is 6. The van der Waals surface area contributed by atoms with Crippen LogP contribution >= 0.6 is 11.3 Å². The standard InChI is InChI=1S/C36H23FN2S/c1-22-18-19-25-27-14-9-15-28(35(27)40-33(25)20-22)36-38-31-16-7-8-17-32(31)39(36)34-26-13-6-5-12-24(26)30(37)21-29(34)23-10-3-2-4-11-23/h2-21H,1H3/i1D3. The van der Waals surface area contributed by atoms with Crippen LogP contribution in [-0.4, -0.2) is 9.55 Å². The molecular weight excluding hydrogens is 511 g/mol. The van der Waals surface area contributed by atoms with Crippen molar-refractivity contribution in [3.63, 3.8) is 0 Å². The fraction of sp³-hybridized carbons (Fsp3) is 0.0278. The van der Waals surface area contributed by atoms with E-state index >= 15 is 4.39 Å². The van der Waals surface area contributed by atoms with Crippen molar-refractivity contribution in [2.24, 2.45) is 0 Å². The Balaban J connectivity index is 1.50. The minimum atomic E-state index is -2.18. The summed E-state index contributed by atoms with van der Waals surface area (Å²) in [5, 5.41) is 3.38. The molecule has 2 heterocycles. The van der Waals surface area contributed by atoms with Gasteiger partial charge in [-0.2, -0.15) is 0 Å². The minimum Gasteiger partial charge on any atom is -0.291 e. The zero-order valence-electron chi connectivity index (χ0n) is 24.2. The largest absolute Gasteiger partial charge is 0.291 e. The van der Waals surface area contributed by atoms with Crippen molar-refractivity contribution in [2.75, 3.05) is 0 Å². The summed E-state index contributed by atoms with van der Waals surface area (Å²) in [6.07, 6.45) is 0. The maximum absolute atomic E-state index is 15.7. The van der Waals surface area contributed by atoms with Crippen molar-refractivity contribution >= 4 is 53.3 Å². The summed E-state index contributed by atoms with van der Waals surface area (Å²) < 4.78 is 43.5. The second-order valence-corrected chi connectivity index (χ2v) is 11.0. The van der Waals surface area contributed by atoms with E-state index in [2.05, 4.69) is 16.7 Å². The Morgan fingerprint density at radius 1 is 0.700 bits per heavy atom. The molecule has 0 spiro atoms. The summed E-state index contributed by atoms with van der Waals surface area (Å²) in [5.41, 5.74) is 5.52. The van der Waals surface area contributed by atoms with Crippen molar-refractivity contribution in [1.29, 1.82) is 0 Å². The summed E-state index contributed by atoms with van der Waals surface area (Å²) in [5.74, 6) is 0.462. The van der Waals surface area contributed by atoms with E-state index in [1.807, 2.05) is 91.0 Å². The molecule has 190 valence electrons. The first kappa shape index (κ1) is 20.2. The first-order valence-electron chi connectivity index (χ1n) is 14.6. The van der Waals surface area contributed by atoms with E-state index in [1.165, 1.54) is 0 Å². The van der Waals surface area contributed by atoms with E-state index in [1.54, 1.807) is 29.5 Å². The summed E-state index contributed by atoms with van der Waals surface area (Å²) in [6, 6.07) is 38.6. The Morgan fingerprint density at radius 3 is 2.35 bits per heavy atom. The number of thiophene rings is 1. The third-order valence-corrected chi connectivity index (χ3v) is 8.78. The van der Waals surface area contributed by atoms with Gasteiger partial charge in [0, 0.05) is 46.2 Å². The van der Waals surface area contributed by atoms with Gasteiger partial charge in [-0.05, 0) is 48.3 Å². The van der Waals surface area contributed by atoms with Crippen molar-refractivity contribution < 1.29 is 8.50 Å². The van der Waals surface area contributed by atoms with Gasteiger partial charge >= 0.3 is 0 Å². The molecule has 0 aliphatic rings. The van der Waals surface area contributed by atoms with Crippen LogP contribution in [0.2, 0.25) is 0 Å². The third-order valence-electron chi connectivity index (χ3n) is 7.57. The minimum absolute atomic E-state index is 0.277. The Bertz CT molecular complexity index is 2350. The van der Waals surface area contributed by atoms with E-state index < -0.39 is 6.85 Å². The van der Waals surface area contributed by atoms with E-state index in [0.717, 1.165) is 64.8 Å². The van der Waals surface area contributed by atoms with Crippen molar-refractivity contribution in [1.82, 2.24) is 9.55 Å². The molecule has 2 aromatic heterocycles. The predicted molar refractivity (Wildman–Crippen MR) is 167 cm³/mol. The summed E-state index contributed by atoms with van der Waals surface area (Å²) in [7, 11) is 0. The number of halogens is 1. The molecule has 0 unspecified atom stereocenters. The monoisotopic (exact) mass is 537 g/mol. The average molecular weight is 538 g/mol. The Morgan fingerprint density at radius 2 is 1.48 bits per heavy atom. The molecule has 0 aliphatic heterocycles. The van der Waals surface area contributed by atoms with E-state index in [0.29, 0.717) is 10.9 Å². The SMILES string of the molecule is [2H]C([2H])([2H])c1ccc2c(c1)sc1c(-c3nc4ccccc4n3-c3c(-c4ccccc4)cc(F)c4ccccc34)cccc12. The quantitative estimate of drug-likeness (QED) is 0.219. The van der Waals surface area contributed by atoms with E-state index in [9.17, 15) is 0 Å². The van der Waals surface area contributed by atoms with Crippen LogP contribution in [0.15, 0.2) is 121 Å². The maximum Gasteiger partial charge on any atom is 0.147 e. The molecule has 0 bridgehead atoms. The van der Waals surface area contributed by atoms with Gasteiger partial charge in [0.2, 0.25) is 0 Å². The van der Waals surface area contributed by atoms with Crippen LogP contribution in [0.1, 0.15) is 9.68 Å². The van der Waals surface area contributed by atoms with Gasteiger partial charge in [-0.1, -0.05) is 91.0 Å². The lowest BCUT2D eigenvalue weighted by atomic mass is 9.97. The van der Waals surface area contributed by atoms with Crippen LogP contribution < -0.4 is 0 Å². The molecule has 8 aromatic rings. The fourth-order valence-corrected chi connectivity index (χ4v) is 7.05. The Labute approximate surface area is 238 Å². The van der Waals surface area contributed by atoms with Gasteiger partial charge in [0.25, 0.3) is 0 Å². The van der Waals surface area contributed by atoms with Crippen molar-refractivity contribution in [3.05, 3.63) is 133 Å².